The molecule has 1 rings (SSSR count). The molecule has 0 fully saturated rings. The zero-order chi connectivity index (χ0) is 12.0. The van der Waals surface area contributed by atoms with E-state index in [1.54, 1.807) is 12.3 Å². The summed E-state index contributed by atoms with van der Waals surface area (Å²) >= 11 is 0. The number of carbonyl (C=O) groups is 1. The summed E-state index contributed by atoms with van der Waals surface area (Å²) in [6.07, 6.45) is 2.20. The lowest BCUT2D eigenvalue weighted by atomic mass is 10.2. The van der Waals surface area contributed by atoms with Crippen molar-refractivity contribution < 1.29 is 4.79 Å². The average Bonchev–Trinajstić information content (AvgIpc) is 2.28. The van der Waals surface area contributed by atoms with Crippen LogP contribution in [0.4, 0.5) is 11.5 Å². The summed E-state index contributed by atoms with van der Waals surface area (Å²) in [6, 6.07) is 3.72. The minimum Gasteiger partial charge on any atom is -0.384 e. The van der Waals surface area contributed by atoms with Crippen LogP contribution in [0.25, 0.3) is 0 Å². The predicted octanol–water partition coefficient (Wildman–Crippen LogP) is 2.50. The van der Waals surface area contributed by atoms with Gasteiger partial charge >= 0.3 is 0 Å². The first-order valence-corrected chi connectivity index (χ1v) is 5.61. The van der Waals surface area contributed by atoms with Crippen molar-refractivity contribution in [2.24, 2.45) is 5.92 Å². The Morgan fingerprint density at radius 2 is 2.19 bits per heavy atom. The number of nitrogens with zero attached hydrogens (tertiary/aromatic N) is 1. The van der Waals surface area contributed by atoms with Gasteiger partial charge in [-0.1, -0.05) is 20.8 Å². The third-order valence-corrected chi connectivity index (χ3v) is 2.07. The molecule has 0 atom stereocenters. The molecule has 0 saturated carbocycles. The van der Waals surface area contributed by atoms with Crippen LogP contribution in [-0.2, 0) is 4.79 Å². The highest BCUT2D eigenvalue weighted by atomic mass is 16.1. The van der Waals surface area contributed by atoms with Gasteiger partial charge in [-0.25, -0.2) is 4.98 Å². The van der Waals surface area contributed by atoms with Crippen molar-refractivity contribution in [3.8, 4) is 0 Å². The van der Waals surface area contributed by atoms with E-state index in [9.17, 15) is 4.79 Å². The molecule has 1 aromatic rings. The van der Waals surface area contributed by atoms with E-state index >= 15 is 0 Å². The SMILES string of the molecule is CCC(=O)Nc1ccc(NCC(C)C)cn1. The monoisotopic (exact) mass is 221 g/mol. The number of anilines is 2. The Morgan fingerprint density at radius 1 is 1.44 bits per heavy atom. The largest absolute Gasteiger partial charge is 0.384 e. The number of aromatic nitrogens is 1. The smallest absolute Gasteiger partial charge is 0.225 e. The molecule has 0 bridgehead atoms. The Balaban J connectivity index is 2.51. The fourth-order valence-electron chi connectivity index (χ4n) is 1.13. The molecule has 0 saturated heterocycles. The molecule has 0 aliphatic carbocycles. The molecule has 0 aromatic carbocycles. The van der Waals surface area contributed by atoms with Gasteiger partial charge in [0, 0.05) is 13.0 Å². The first-order valence-electron chi connectivity index (χ1n) is 5.61. The van der Waals surface area contributed by atoms with Crippen molar-refractivity contribution in [3.63, 3.8) is 0 Å². The summed E-state index contributed by atoms with van der Waals surface area (Å²) in [4.78, 5) is 15.3. The fraction of sp³-hybridized carbons (Fsp3) is 0.500. The van der Waals surface area contributed by atoms with Crippen molar-refractivity contribution in [1.82, 2.24) is 4.98 Å². The first-order chi connectivity index (χ1) is 7.61. The van der Waals surface area contributed by atoms with Crippen LogP contribution in [0.1, 0.15) is 27.2 Å². The number of carbonyl (C=O) groups excluding carboxylic acids is 1. The molecule has 0 aliphatic heterocycles. The molecular weight excluding hydrogens is 202 g/mol. The number of hydrogen-bond acceptors (Lipinski definition) is 3. The topological polar surface area (TPSA) is 54.0 Å². The third-order valence-electron chi connectivity index (χ3n) is 2.07. The van der Waals surface area contributed by atoms with Crippen LogP contribution in [0.5, 0.6) is 0 Å². The van der Waals surface area contributed by atoms with Gasteiger partial charge in [0.25, 0.3) is 0 Å². The highest BCUT2D eigenvalue weighted by molar-refractivity contribution is 5.89. The van der Waals surface area contributed by atoms with Crippen molar-refractivity contribution in [3.05, 3.63) is 18.3 Å². The zero-order valence-corrected chi connectivity index (χ0v) is 10.1. The minimum absolute atomic E-state index is 0.0182. The van der Waals surface area contributed by atoms with Crippen molar-refractivity contribution in [1.29, 1.82) is 0 Å². The Bertz CT molecular complexity index is 333. The van der Waals surface area contributed by atoms with Gasteiger partial charge in [-0.15, -0.1) is 0 Å². The Morgan fingerprint density at radius 3 is 2.69 bits per heavy atom. The lowest BCUT2D eigenvalue weighted by Gasteiger charge is -2.09. The van der Waals surface area contributed by atoms with Crippen LogP contribution in [0.2, 0.25) is 0 Å². The summed E-state index contributed by atoms with van der Waals surface area (Å²) in [6.45, 7) is 7.03. The Labute approximate surface area is 96.5 Å². The molecule has 1 heterocycles. The van der Waals surface area contributed by atoms with Gasteiger partial charge in [-0.2, -0.15) is 0 Å². The molecule has 1 aromatic heterocycles. The molecule has 0 aliphatic rings. The number of nitrogens with one attached hydrogen (secondary N) is 2. The van der Waals surface area contributed by atoms with Gasteiger partial charge in [0.15, 0.2) is 0 Å². The minimum atomic E-state index is -0.0182. The van der Waals surface area contributed by atoms with Crippen LogP contribution in [0.3, 0.4) is 0 Å². The maximum absolute atomic E-state index is 11.1. The van der Waals surface area contributed by atoms with E-state index in [2.05, 4.69) is 29.5 Å². The van der Waals surface area contributed by atoms with Gasteiger partial charge in [-0.05, 0) is 18.1 Å². The Kier molecular flexibility index (Phi) is 4.76. The zero-order valence-electron chi connectivity index (χ0n) is 10.1. The molecule has 0 unspecified atom stereocenters. The second kappa shape index (κ2) is 6.10. The first kappa shape index (κ1) is 12.5. The van der Waals surface area contributed by atoms with Crippen LogP contribution < -0.4 is 10.6 Å². The van der Waals surface area contributed by atoms with Gasteiger partial charge in [-0.3, -0.25) is 4.79 Å². The summed E-state index contributed by atoms with van der Waals surface area (Å²) in [7, 11) is 0. The van der Waals surface area contributed by atoms with Crippen molar-refractivity contribution in [2.75, 3.05) is 17.2 Å². The van der Waals surface area contributed by atoms with Gasteiger partial charge < -0.3 is 10.6 Å². The quantitative estimate of drug-likeness (QED) is 0.803. The van der Waals surface area contributed by atoms with Crippen LogP contribution >= 0.6 is 0 Å². The van der Waals surface area contributed by atoms with Crippen molar-refractivity contribution >= 4 is 17.4 Å². The highest BCUT2D eigenvalue weighted by Gasteiger charge is 2.00. The van der Waals surface area contributed by atoms with Gasteiger partial charge in [0.1, 0.15) is 5.82 Å². The lowest BCUT2D eigenvalue weighted by Crippen LogP contribution is -2.11. The molecule has 0 radical (unpaired) electrons. The molecule has 2 N–H and O–H groups in total. The number of amides is 1. The van der Waals surface area contributed by atoms with E-state index < -0.39 is 0 Å². The molecule has 0 spiro atoms. The van der Waals surface area contributed by atoms with E-state index in [4.69, 9.17) is 0 Å². The second-order valence-corrected chi connectivity index (χ2v) is 4.11. The molecule has 4 nitrogen and oxygen atoms in total. The fourth-order valence-corrected chi connectivity index (χ4v) is 1.13. The number of rotatable bonds is 5. The summed E-state index contributed by atoms with van der Waals surface area (Å²) in [5, 5.41) is 5.97. The van der Waals surface area contributed by atoms with Gasteiger partial charge in [0.05, 0.1) is 11.9 Å². The van der Waals surface area contributed by atoms with Gasteiger partial charge in [0.2, 0.25) is 5.91 Å². The Hall–Kier alpha value is -1.58. The average molecular weight is 221 g/mol. The van der Waals surface area contributed by atoms with Crippen molar-refractivity contribution in [2.45, 2.75) is 27.2 Å². The standard InChI is InChI=1S/C12H19N3O/c1-4-12(16)15-11-6-5-10(8-14-11)13-7-9(2)3/h5-6,8-9,13H,4,7H2,1-3H3,(H,14,15,16). The summed E-state index contributed by atoms with van der Waals surface area (Å²) in [5.41, 5.74) is 0.975. The molecule has 16 heavy (non-hydrogen) atoms. The second-order valence-electron chi connectivity index (χ2n) is 4.11. The van der Waals surface area contributed by atoms with E-state index in [1.165, 1.54) is 0 Å². The van der Waals surface area contributed by atoms with E-state index in [1.807, 2.05) is 13.0 Å². The maximum atomic E-state index is 11.1. The summed E-state index contributed by atoms with van der Waals surface area (Å²) in [5.74, 6) is 1.18. The maximum Gasteiger partial charge on any atom is 0.225 e. The summed E-state index contributed by atoms with van der Waals surface area (Å²) < 4.78 is 0. The highest BCUT2D eigenvalue weighted by Crippen LogP contribution is 2.10. The van der Waals surface area contributed by atoms with Crippen LogP contribution in [0.15, 0.2) is 18.3 Å². The van der Waals surface area contributed by atoms with E-state index in [-0.39, 0.29) is 5.91 Å². The van der Waals surface area contributed by atoms with E-state index in [0.29, 0.717) is 18.2 Å². The number of hydrogen-bond donors (Lipinski definition) is 2. The third kappa shape index (κ3) is 4.29. The normalized spacial score (nSPS) is 10.2. The van der Waals surface area contributed by atoms with Crippen LogP contribution in [0, 0.1) is 5.92 Å². The molecule has 1 amide bonds. The molecular formula is C12H19N3O. The number of pyridine rings is 1. The lowest BCUT2D eigenvalue weighted by molar-refractivity contribution is -0.115. The van der Waals surface area contributed by atoms with E-state index in [0.717, 1.165) is 12.2 Å². The predicted molar refractivity (Wildman–Crippen MR) is 66.5 cm³/mol. The molecule has 88 valence electrons. The molecule has 4 heteroatoms. The van der Waals surface area contributed by atoms with Crippen LogP contribution in [-0.4, -0.2) is 17.4 Å².